The van der Waals surface area contributed by atoms with E-state index in [1.54, 1.807) is 0 Å². The molecule has 2 heterocycles. The molecule has 0 aliphatic carbocycles. The summed E-state index contributed by atoms with van der Waals surface area (Å²) >= 11 is 0. The van der Waals surface area contributed by atoms with E-state index >= 15 is 0 Å². The van der Waals surface area contributed by atoms with Crippen molar-refractivity contribution in [1.82, 2.24) is 0 Å². The molecule has 2 aliphatic heterocycles. The Morgan fingerprint density at radius 3 is 0.567 bits per heavy atom. The van der Waals surface area contributed by atoms with Crippen molar-refractivity contribution in [1.29, 1.82) is 0 Å². The van der Waals surface area contributed by atoms with Crippen molar-refractivity contribution in [3.05, 3.63) is 142 Å². The van der Waals surface area contributed by atoms with Gasteiger partial charge in [-0.05, 0) is 91.9 Å². The third-order valence-electron chi connectivity index (χ3n) is 13.1. The van der Waals surface area contributed by atoms with Crippen LogP contribution >= 0.6 is 0 Å². The third-order valence-corrected chi connectivity index (χ3v) is 13.1. The van der Waals surface area contributed by atoms with Gasteiger partial charge in [-0.3, -0.25) is 0 Å². The van der Waals surface area contributed by atoms with Crippen molar-refractivity contribution in [2.45, 2.75) is 170 Å². The maximum Gasteiger partial charge on any atom is 0.147 e. The van der Waals surface area contributed by atoms with Crippen molar-refractivity contribution in [3.8, 4) is 0 Å². The molecule has 0 atom stereocenters. The van der Waals surface area contributed by atoms with Gasteiger partial charge in [0.2, 0.25) is 0 Å². The number of anilines is 4. The SMILES string of the molecule is CC(C)c1cccc(C(C)C)c1N1C=CN(c2c(C(C)C)cccc2C(C)C)C1BBC1N(c2c(C(C)C)cccc2C(C)C)C=CN1c1c(C(C)C)cccc1C(C)C. The van der Waals surface area contributed by atoms with Gasteiger partial charge in [0.15, 0.2) is 0 Å². The highest BCUT2D eigenvalue weighted by atomic mass is 15.4. The second kappa shape index (κ2) is 18.8. The molecule has 4 nitrogen and oxygen atoms in total. The van der Waals surface area contributed by atoms with E-state index in [4.69, 9.17) is 0 Å². The molecule has 0 bridgehead atoms. The largest absolute Gasteiger partial charge is 0.333 e. The number of hydrogen-bond acceptors (Lipinski definition) is 4. The summed E-state index contributed by atoms with van der Waals surface area (Å²) in [4.78, 5) is 10.7. The van der Waals surface area contributed by atoms with Crippen LogP contribution in [0.3, 0.4) is 0 Å². The molecule has 0 unspecified atom stereocenters. The summed E-state index contributed by atoms with van der Waals surface area (Å²) in [7, 11) is 1.92. The molecule has 2 aliphatic rings. The second-order valence-corrected chi connectivity index (χ2v) is 20.1. The molecule has 0 N–H and O–H groups in total. The summed E-state index contributed by atoms with van der Waals surface area (Å²) in [6, 6.07) is 28.3. The Labute approximate surface area is 367 Å². The first-order valence-corrected chi connectivity index (χ1v) is 23.5. The topological polar surface area (TPSA) is 13.0 Å². The normalized spacial score (nSPS) is 15.1. The zero-order valence-electron chi connectivity index (χ0n) is 40.2. The van der Waals surface area contributed by atoms with Crippen LogP contribution in [0.2, 0.25) is 0 Å². The summed E-state index contributed by atoms with van der Waals surface area (Å²) < 4.78 is 0. The first kappa shape index (κ1) is 45.2. The Bertz CT molecular complexity index is 1750. The van der Waals surface area contributed by atoms with Gasteiger partial charge in [0.1, 0.15) is 14.3 Å². The average Bonchev–Trinajstić information content (AvgIpc) is 3.82. The summed E-state index contributed by atoms with van der Waals surface area (Å²) in [5.41, 5.74) is 16.9. The lowest BCUT2D eigenvalue weighted by molar-refractivity contribution is 0.779. The molecular formula is C54H76B2N4. The number of rotatable bonds is 15. The van der Waals surface area contributed by atoms with Crippen molar-refractivity contribution >= 4 is 37.1 Å². The Kier molecular flexibility index (Phi) is 14.1. The van der Waals surface area contributed by atoms with Crippen LogP contribution in [0.1, 0.15) is 203 Å². The molecule has 0 radical (unpaired) electrons. The zero-order valence-corrected chi connectivity index (χ0v) is 40.2. The van der Waals surface area contributed by atoms with E-state index in [9.17, 15) is 0 Å². The molecule has 0 spiro atoms. The van der Waals surface area contributed by atoms with E-state index in [-0.39, 0.29) is 12.1 Å². The molecule has 0 saturated heterocycles. The van der Waals surface area contributed by atoms with Crippen LogP contribution < -0.4 is 19.6 Å². The first-order chi connectivity index (χ1) is 28.5. The van der Waals surface area contributed by atoms with Gasteiger partial charge in [-0.25, -0.2) is 0 Å². The lowest BCUT2D eigenvalue weighted by atomic mass is 9.35. The Hall–Kier alpha value is -4.31. The average molecular weight is 803 g/mol. The van der Waals surface area contributed by atoms with Gasteiger partial charge in [-0.2, -0.15) is 0 Å². The standard InChI is InChI=1S/C54H76B2N4/c1-33(2)41-21-17-22-42(34(3)4)49(41)57-29-30-58(50-43(35(5)6)23-18-24-44(50)36(7)8)53(57)55-56-54-59(51-45(37(9)10)25-19-26-46(51)38(11)12)31-32-60(54)52-47(39(13)14)27-20-28-48(52)40(15)16/h17-40,53-56H,1-16H3. The highest BCUT2D eigenvalue weighted by Crippen LogP contribution is 2.46. The van der Waals surface area contributed by atoms with Gasteiger partial charge in [-0.15, -0.1) is 0 Å². The molecule has 60 heavy (non-hydrogen) atoms. The maximum absolute atomic E-state index is 2.67. The van der Waals surface area contributed by atoms with Crippen LogP contribution in [0.25, 0.3) is 0 Å². The highest BCUT2D eigenvalue weighted by Gasteiger charge is 2.40. The van der Waals surface area contributed by atoms with E-state index in [0.717, 1.165) is 14.3 Å². The summed E-state index contributed by atoms with van der Waals surface area (Å²) in [6.07, 6.45) is 9.66. The lowest BCUT2D eigenvalue weighted by Gasteiger charge is -2.41. The van der Waals surface area contributed by atoms with E-state index in [0.29, 0.717) is 47.3 Å². The van der Waals surface area contributed by atoms with Crippen LogP contribution in [-0.4, -0.2) is 26.5 Å². The van der Waals surface area contributed by atoms with Crippen molar-refractivity contribution < 1.29 is 0 Å². The van der Waals surface area contributed by atoms with Gasteiger partial charge < -0.3 is 19.6 Å². The van der Waals surface area contributed by atoms with Crippen LogP contribution in [0.4, 0.5) is 22.7 Å². The molecule has 0 aromatic heterocycles. The molecule has 4 aromatic rings. The van der Waals surface area contributed by atoms with Gasteiger partial charge in [0.05, 0.1) is 12.1 Å². The van der Waals surface area contributed by atoms with E-state index in [1.807, 2.05) is 0 Å². The van der Waals surface area contributed by atoms with Gasteiger partial charge in [0.25, 0.3) is 0 Å². The minimum absolute atomic E-state index is 0.0823. The predicted octanol–water partition coefficient (Wildman–Crippen LogP) is 14.3. The highest BCUT2D eigenvalue weighted by molar-refractivity contribution is 7.03. The zero-order chi connectivity index (χ0) is 43.7. The van der Waals surface area contributed by atoms with Crippen molar-refractivity contribution in [2.75, 3.05) is 19.6 Å². The lowest BCUT2D eigenvalue weighted by Crippen LogP contribution is -2.54. The minimum Gasteiger partial charge on any atom is -0.333 e. The van der Waals surface area contributed by atoms with Gasteiger partial charge >= 0.3 is 0 Å². The van der Waals surface area contributed by atoms with Crippen LogP contribution in [0.5, 0.6) is 0 Å². The van der Waals surface area contributed by atoms with Crippen molar-refractivity contribution in [3.63, 3.8) is 0 Å². The smallest absolute Gasteiger partial charge is 0.147 e. The number of hydrogen-bond donors (Lipinski definition) is 0. The summed E-state index contributed by atoms with van der Waals surface area (Å²) in [5.74, 6) is 3.15. The Morgan fingerprint density at radius 2 is 0.433 bits per heavy atom. The summed E-state index contributed by atoms with van der Waals surface area (Å²) in [6.45, 7) is 37.7. The number of para-hydroxylation sites is 4. The Balaban J connectivity index is 1.59. The second-order valence-electron chi connectivity index (χ2n) is 20.1. The van der Waals surface area contributed by atoms with Crippen LogP contribution in [-0.2, 0) is 0 Å². The molecule has 0 fully saturated rings. The summed E-state index contributed by atoms with van der Waals surface area (Å²) in [5, 5.41) is 0. The molecule has 4 aromatic carbocycles. The van der Waals surface area contributed by atoms with Gasteiger partial charge in [0, 0.05) is 47.5 Å². The van der Waals surface area contributed by atoms with Crippen LogP contribution in [0.15, 0.2) is 97.6 Å². The van der Waals surface area contributed by atoms with E-state index in [1.165, 1.54) is 67.3 Å². The van der Waals surface area contributed by atoms with Gasteiger partial charge in [-0.1, -0.05) is 184 Å². The quantitative estimate of drug-likeness (QED) is 0.111. The molecule has 6 heteroatoms. The van der Waals surface area contributed by atoms with E-state index in [2.05, 4.69) is 228 Å². The number of nitrogens with zero attached hydrogens (tertiary/aromatic N) is 4. The molecule has 6 rings (SSSR count). The predicted molar refractivity (Wildman–Crippen MR) is 269 cm³/mol. The maximum atomic E-state index is 2.67. The van der Waals surface area contributed by atoms with E-state index < -0.39 is 0 Å². The molecular weight excluding hydrogens is 726 g/mol. The molecule has 318 valence electrons. The fourth-order valence-corrected chi connectivity index (χ4v) is 9.94. The van der Waals surface area contributed by atoms with Crippen molar-refractivity contribution in [2.24, 2.45) is 0 Å². The number of benzene rings is 4. The minimum atomic E-state index is 0.0823. The molecule has 0 saturated carbocycles. The fraction of sp³-hybridized carbons (Fsp3) is 0.481. The first-order valence-electron chi connectivity index (χ1n) is 23.5. The monoisotopic (exact) mass is 803 g/mol. The fourth-order valence-electron chi connectivity index (χ4n) is 9.94. The Morgan fingerprint density at radius 1 is 0.283 bits per heavy atom. The third kappa shape index (κ3) is 8.73. The van der Waals surface area contributed by atoms with Crippen LogP contribution in [0, 0.1) is 0 Å². The molecule has 0 amide bonds.